The summed E-state index contributed by atoms with van der Waals surface area (Å²) in [4.78, 5) is 17.3. The van der Waals surface area contributed by atoms with Crippen molar-refractivity contribution in [2.24, 2.45) is 0 Å². The summed E-state index contributed by atoms with van der Waals surface area (Å²) in [7, 11) is 0. The number of rotatable bonds is 4. The molecule has 2 N–H and O–H groups in total. The van der Waals surface area contributed by atoms with Gasteiger partial charge in [-0.25, -0.2) is 0 Å². The van der Waals surface area contributed by atoms with Crippen LogP contribution in [-0.4, -0.2) is 41.5 Å². The van der Waals surface area contributed by atoms with Gasteiger partial charge in [0.2, 0.25) is 5.95 Å². The summed E-state index contributed by atoms with van der Waals surface area (Å²) < 4.78 is 5.37. The molecule has 26 heavy (non-hydrogen) atoms. The average molecular weight is 349 g/mol. The Hall–Kier alpha value is -3.19. The van der Waals surface area contributed by atoms with Gasteiger partial charge < -0.3 is 15.0 Å². The third-order valence-corrected chi connectivity index (χ3v) is 4.25. The van der Waals surface area contributed by atoms with Crippen molar-refractivity contribution in [3.8, 4) is 11.3 Å². The van der Waals surface area contributed by atoms with Gasteiger partial charge in [0.15, 0.2) is 5.69 Å². The number of hydrogen-bond donors (Lipinski definition) is 2. The van der Waals surface area contributed by atoms with E-state index in [0.29, 0.717) is 11.6 Å². The summed E-state index contributed by atoms with van der Waals surface area (Å²) in [5.41, 5.74) is 2.75. The molecule has 2 heterocycles. The van der Waals surface area contributed by atoms with Crippen molar-refractivity contribution in [1.82, 2.24) is 15.2 Å². The zero-order chi connectivity index (χ0) is 17.8. The zero-order valence-electron chi connectivity index (χ0n) is 14.2. The van der Waals surface area contributed by atoms with Crippen LogP contribution < -0.4 is 15.8 Å². The largest absolute Gasteiger partial charge is 0.378 e. The number of aromatic amines is 1. The van der Waals surface area contributed by atoms with E-state index in [1.807, 2.05) is 54.6 Å². The lowest BCUT2D eigenvalue weighted by Crippen LogP contribution is -2.36. The number of anilines is 3. The molecule has 7 nitrogen and oxygen atoms in total. The maximum Gasteiger partial charge on any atom is 0.279 e. The van der Waals surface area contributed by atoms with Crippen molar-refractivity contribution in [3.05, 3.63) is 65.0 Å². The van der Waals surface area contributed by atoms with Gasteiger partial charge in [0.05, 0.1) is 13.2 Å². The lowest BCUT2D eigenvalue weighted by atomic mass is 10.2. The van der Waals surface area contributed by atoms with E-state index in [1.165, 1.54) is 0 Å². The minimum Gasteiger partial charge on any atom is -0.378 e. The van der Waals surface area contributed by atoms with Crippen molar-refractivity contribution < 1.29 is 4.74 Å². The molecule has 1 saturated heterocycles. The minimum absolute atomic E-state index is 0.279. The van der Waals surface area contributed by atoms with Crippen molar-refractivity contribution in [3.63, 3.8) is 0 Å². The number of nitrogens with zero attached hydrogens (tertiary/aromatic N) is 3. The molecule has 0 spiro atoms. The molecule has 0 amide bonds. The van der Waals surface area contributed by atoms with E-state index in [-0.39, 0.29) is 5.56 Å². The van der Waals surface area contributed by atoms with E-state index < -0.39 is 0 Å². The molecular weight excluding hydrogens is 330 g/mol. The first-order valence-electron chi connectivity index (χ1n) is 8.52. The summed E-state index contributed by atoms with van der Waals surface area (Å²) >= 11 is 0. The lowest BCUT2D eigenvalue weighted by molar-refractivity contribution is 0.122. The molecule has 0 radical (unpaired) electrons. The Balaban J connectivity index is 1.49. The summed E-state index contributed by atoms with van der Waals surface area (Å²) in [5, 5.41) is 11.2. The van der Waals surface area contributed by atoms with Gasteiger partial charge in [0, 0.05) is 30.0 Å². The van der Waals surface area contributed by atoms with E-state index in [1.54, 1.807) is 0 Å². The molecule has 1 aromatic heterocycles. The van der Waals surface area contributed by atoms with Crippen LogP contribution in [0.15, 0.2) is 59.4 Å². The molecule has 7 heteroatoms. The first-order chi connectivity index (χ1) is 12.8. The van der Waals surface area contributed by atoms with Crippen LogP contribution in [0.3, 0.4) is 0 Å². The van der Waals surface area contributed by atoms with Gasteiger partial charge in [-0.3, -0.25) is 9.78 Å². The Morgan fingerprint density at radius 3 is 2.38 bits per heavy atom. The van der Waals surface area contributed by atoms with Gasteiger partial charge >= 0.3 is 0 Å². The highest BCUT2D eigenvalue weighted by atomic mass is 16.5. The highest BCUT2D eigenvalue weighted by molar-refractivity contribution is 5.61. The Bertz CT molecular complexity index is 919. The van der Waals surface area contributed by atoms with Gasteiger partial charge in [-0.2, -0.15) is 0 Å². The first kappa shape index (κ1) is 16.3. The molecule has 4 rings (SSSR count). The molecule has 1 aliphatic rings. The van der Waals surface area contributed by atoms with E-state index in [0.717, 1.165) is 43.2 Å². The quantitative estimate of drug-likeness (QED) is 0.753. The Morgan fingerprint density at radius 1 is 0.962 bits per heavy atom. The Morgan fingerprint density at radius 2 is 1.69 bits per heavy atom. The molecule has 0 atom stereocenters. The smallest absolute Gasteiger partial charge is 0.279 e. The molecule has 0 unspecified atom stereocenters. The fourth-order valence-electron chi connectivity index (χ4n) is 2.89. The van der Waals surface area contributed by atoms with Crippen LogP contribution in [0.25, 0.3) is 11.3 Å². The van der Waals surface area contributed by atoms with Crippen molar-refractivity contribution in [1.29, 1.82) is 0 Å². The molecule has 1 aliphatic heterocycles. The molecule has 3 aromatic rings. The van der Waals surface area contributed by atoms with E-state index in [9.17, 15) is 4.79 Å². The molecule has 0 aliphatic carbocycles. The summed E-state index contributed by atoms with van der Waals surface area (Å²) in [5.74, 6) is 0.314. The number of hydrogen-bond acceptors (Lipinski definition) is 6. The second-order valence-corrected chi connectivity index (χ2v) is 5.99. The lowest BCUT2D eigenvalue weighted by Gasteiger charge is -2.28. The third-order valence-electron chi connectivity index (χ3n) is 4.25. The summed E-state index contributed by atoms with van der Waals surface area (Å²) in [6.07, 6.45) is 0. The van der Waals surface area contributed by atoms with E-state index in [4.69, 9.17) is 4.74 Å². The highest BCUT2D eigenvalue weighted by Crippen LogP contribution is 2.20. The predicted octanol–water partition coefficient (Wildman–Crippen LogP) is 2.41. The second kappa shape index (κ2) is 7.37. The molecule has 2 aromatic carbocycles. The van der Waals surface area contributed by atoms with Gasteiger partial charge in [0.25, 0.3) is 5.56 Å². The number of H-pyrrole nitrogens is 1. The Kier molecular flexibility index (Phi) is 4.61. The fourth-order valence-corrected chi connectivity index (χ4v) is 2.89. The fraction of sp³-hybridized carbons (Fsp3) is 0.211. The molecule has 132 valence electrons. The Labute approximate surface area is 150 Å². The second-order valence-electron chi connectivity index (χ2n) is 5.99. The summed E-state index contributed by atoms with van der Waals surface area (Å²) in [6, 6.07) is 17.3. The molecule has 1 fully saturated rings. The van der Waals surface area contributed by atoms with Gasteiger partial charge in [0.1, 0.15) is 0 Å². The molecular formula is C19H19N5O2. The van der Waals surface area contributed by atoms with E-state index in [2.05, 4.69) is 25.4 Å². The van der Waals surface area contributed by atoms with Crippen LogP contribution in [0.2, 0.25) is 0 Å². The van der Waals surface area contributed by atoms with Gasteiger partial charge in [-0.05, 0) is 24.3 Å². The third kappa shape index (κ3) is 3.57. The first-order valence-corrected chi connectivity index (χ1v) is 8.52. The maximum atomic E-state index is 12.3. The number of aromatic nitrogens is 3. The van der Waals surface area contributed by atoms with Crippen LogP contribution >= 0.6 is 0 Å². The standard InChI is InChI=1S/C19H19N5O2/c25-18-17(14-4-2-1-3-5-14)22-23-19(21-18)20-15-6-8-16(9-7-15)24-10-12-26-13-11-24/h1-9H,10-13H2,(H2,20,21,23,25). The SMILES string of the molecule is O=c1[nH]c(Nc2ccc(N3CCOCC3)cc2)nnc1-c1ccccc1. The van der Waals surface area contributed by atoms with Crippen LogP contribution in [0.4, 0.5) is 17.3 Å². The van der Waals surface area contributed by atoms with Crippen LogP contribution in [0, 0.1) is 0 Å². The monoisotopic (exact) mass is 349 g/mol. The maximum absolute atomic E-state index is 12.3. The topological polar surface area (TPSA) is 83.1 Å². The highest BCUT2D eigenvalue weighted by Gasteiger charge is 2.11. The average Bonchev–Trinajstić information content (AvgIpc) is 2.70. The predicted molar refractivity (Wildman–Crippen MR) is 101 cm³/mol. The normalized spacial score (nSPS) is 14.2. The van der Waals surface area contributed by atoms with Crippen molar-refractivity contribution in [2.75, 3.05) is 36.5 Å². The van der Waals surface area contributed by atoms with Crippen LogP contribution in [0.1, 0.15) is 0 Å². The zero-order valence-corrected chi connectivity index (χ0v) is 14.2. The summed E-state index contributed by atoms with van der Waals surface area (Å²) in [6.45, 7) is 3.30. The molecule has 0 bridgehead atoms. The van der Waals surface area contributed by atoms with Crippen LogP contribution in [0.5, 0.6) is 0 Å². The van der Waals surface area contributed by atoms with E-state index >= 15 is 0 Å². The van der Waals surface area contributed by atoms with Crippen molar-refractivity contribution in [2.45, 2.75) is 0 Å². The minimum atomic E-state index is -0.279. The van der Waals surface area contributed by atoms with Crippen LogP contribution in [-0.2, 0) is 4.74 Å². The number of morpholine rings is 1. The molecule has 0 saturated carbocycles. The van der Waals surface area contributed by atoms with Gasteiger partial charge in [-0.15, -0.1) is 10.2 Å². The number of ether oxygens (including phenoxy) is 1. The van der Waals surface area contributed by atoms with Gasteiger partial charge in [-0.1, -0.05) is 30.3 Å². The number of nitrogens with one attached hydrogen (secondary N) is 2. The number of benzene rings is 2. The van der Waals surface area contributed by atoms with Crippen molar-refractivity contribution >= 4 is 17.3 Å².